The zero-order valence-corrected chi connectivity index (χ0v) is 15.2. The number of benzene rings is 1. The molecule has 27 heavy (non-hydrogen) atoms. The van der Waals surface area contributed by atoms with Crippen molar-refractivity contribution >= 4 is 9.84 Å². The molecule has 0 radical (unpaired) electrons. The van der Waals surface area contributed by atoms with Gasteiger partial charge in [0.2, 0.25) is 0 Å². The van der Waals surface area contributed by atoms with Crippen molar-refractivity contribution in [2.24, 2.45) is 0 Å². The van der Waals surface area contributed by atoms with E-state index in [1.54, 1.807) is 12.1 Å². The smallest absolute Gasteiger partial charge is 0.373 e. The number of ether oxygens (including phenoxy) is 1. The summed E-state index contributed by atoms with van der Waals surface area (Å²) in [6.45, 7) is 1.56. The van der Waals surface area contributed by atoms with Crippen molar-refractivity contribution < 1.29 is 26.3 Å². The topological polar surface area (TPSA) is 76.2 Å². The molecule has 0 saturated carbocycles. The van der Waals surface area contributed by atoms with Gasteiger partial charge in [-0.15, -0.1) is 0 Å². The van der Waals surface area contributed by atoms with Crippen LogP contribution >= 0.6 is 0 Å². The fourth-order valence-electron chi connectivity index (χ4n) is 3.23. The number of aromatic nitrogens is 1. The number of sulfone groups is 1. The number of pyridine rings is 1. The first-order chi connectivity index (χ1) is 12.5. The van der Waals surface area contributed by atoms with Gasteiger partial charge in [0, 0.05) is 18.4 Å². The van der Waals surface area contributed by atoms with Gasteiger partial charge in [-0.25, -0.2) is 8.42 Å². The molecule has 1 aromatic heterocycles. The molecule has 0 spiro atoms. The maximum absolute atomic E-state index is 13.1. The predicted molar refractivity (Wildman–Crippen MR) is 92.0 cm³/mol. The maximum Gasteiger partial charge on any atom is 0.416 e. The van der Waals surface area contributed by atoms with E-state index in [1.165, 1.54) is 13.1 Å². The van der Waals surface area contributed by atoms with Crippen molar-refractivity contribution in [2.75, 3.05) is 6.61 Å². The quantitative estimate of drug-likeness (QED) is 0.854. The lowest BCUT2D eigenvalue weighted by molar-refractivity contribution is -0.137. The van der Waals surface area contributed by atoms with Crippen LogP contribution in [0.1, 0.15) is 37.0 Å². The molecular formula is C18H18F3NO4S. The summed E-state index contributed by atoms with van der Waals surface area (Å²) < 4.78 is 69.4. The Morgan fingerprint density at radius 1 is 1.22 bits per heavy atom. The second-order valence-electron chi connectivity index (χ2n) is 6.75. The van der Waals surface area contributed by atoms with E-state index in [0.29, 0.717) is 11.6 Å². The van der Waals surface area contributed by atoms with E-state index in [9.17, 15) is 26.4 Å². The van der Waals surface area contributed by atoms with Crippen molar-refractivity contribution in [3.05, 3.63) is 64.1 Å². The lowest BCUT2D eigenvalue weighted by Gasteiger charge is -2.37. The van der Waals surface area contributed by atoms with Gasteiger partial charge in [-0.1, -0.05) is 6.07 Å². The summed E-state index contributed by atoms with van der Waals surface area (Å²) >= 11 is 0. The Kier molecular flexibility index (Phi) is 4.94. The standard InChI is InChI=1S/C18H18F3NO4S/c1-17(7-9-26-15(11-17)14-6-3-8-22-16(14)23)27(24,25)13-5-2-4-12(10-13)18(19,20)21/h2-6,8,10,15H,7,9,11H2,1H3,(H,22,23). The van der Waals surface area contributed by atoms with Crippen LogP contribution in [0.3, 0.4) is 0 Å². The molecule has 1 aliphatic rings. The molecule has 1 aliphatic heterocycles. The van der Waals surface area contributed by atoms with E-state index in [-0.39, 0.29) is 29.9 Å². The van der Waals surface area contributed by atoms with Gasteiger partial charge >= 0.3 is 6.18 Å². The lowest BCUT2D eigenvalue weighted by Crippen LogP contribution is -2.43. The minimum Gasteiger partial charge on any atom is -0.373 e. The normalized spacial score (nSPS) is 23.9. The van der Waals surface area contributed by atoms with Gasteiger partial charge in [-0.3, -0.25) is 4.79 Å². The Bertz CT molecular complexity index is 1000. The number of alkyl halides is 3. The zero-order chi connectivity index (χ0) is 19.9. The van der Waals surface area contributed by atoms with Gasteiger partial charge in [0.1, 0.15) is 0 Å². The molecule has 1 fully saturated rings. The number of hydrogen-bond donors (Lipinski definition) is 1. The number of H-pyrrole nitrogens is 1. The Labute approximate surface area is 154 Å². The second-order valence-corrected chi connectivity index (χ2v) is 9.21. The molecule has 2 heterocycles. The summed E-state index contributed by atoms with van der Waals surface area (Å²) in [7, 11) is -4.09. The second kappa shape index (κ2) is 6.79. The molecule has 2 unspecified atom stereocenters. The third-order valence-electron chi connectivity index (χ3n) is 4.88. The molecule has 2 aromatic rings. The first-order valence-corrected chi connectivity index (χ1v) is 9.74. The van der Waals surface area contributed by atoms with Gasteiger partial charge in [0.05, 0.1) is 21.3 Å². The first kappa shape index (κ1) is 19.6. The molecule has 1 N–H and O–H groups in total. The molecule has 5 nitrogen and oxygen atoms in total. The fraction of sp³-hybridized carbons (Fsp3) is 0.389. The SMILES string of the molecule is CC1(S(=O)(=O)c2cccc(C(F)(F)F)c2)CCOC(c2ccc[nH]c2=O)C1. The van der Waals surface area contributed by atoms with Crippen LogP contribution in [0.5, 0.6) is 0 Å². The monoisotopic (exact) mass is 401 g/mol. The third kappa shape index (κ3) is 3.66. The summed E-state index contributed by atoms with van der Waals surface area (Å²) in [6, 6.07) is 6.88. The van der Waals surface area contributed by atoms with Crippen molar-refractivity contribution in [1.82, 2.24) is 4.98 Å². The number of halogens is 3. The van der Waals surface area contributed by atoms with E-state index in [4.69, 9.17) is 4.74 Å². The summed E-state index contributed by atoms with van der Waals surface area (Å²) in [6.07, 6.45) is -3.85. The van der Waals surface area contributed by atoms with E-state index in [0.717, 1.165) is 18.2 Å². The molecular weight excluding hydrogens is 383 g/mol. The molecule has 3 rings (SSSR count). The Balaban J connectivity index is 1.98. The number of nitrogens with one attached hydrogen (secondary N) is 1. The van der Waals surface area contributed by atoms with Gasteiger partial charge < -0.3 is 9.72 Å². The minimum atomic E-state index is -4.64. The van der Waals surface area contributed by atoms with Crippen LogP contribution in [0, 0.1) is 0 Å². The van der Waals surface area contributed by atoms with Gasteiger partial charge in [-0.2, -0.15) is 13.2 Å². The van der Waals surface area contributed by atoms with Gasteiger partial charge in [0.25, 0.3) is 5.56 Å². The highest BCUT2D eigenvalue weighted by atomic mass is 32.2. The fourth-order valence-corrected chi connectivity index (χ4v) is 5.06. The van der Waals surface area contributed by atoms with E-state index in [2.05, 4.69) is 4.98 Å². The highest BCUT2D eigenvalue weighted by Crippen LogP contribution is 2.42. The molecule has 0 amide bonds. The van der Waals surface area contributed by atoms with E-state index < -0.39 is 32.4 Å². The number of hydrogen-bond acceptors (Lipinski definition) is 4. The first-order valence-electron chi connectivity index (χ1n) is 8.26. The minimum absolute atomic E-state index is 0.0291. The van der Waals surface area contributed by atoms with Crippen LogP contribution in [0.2, 0.25) is 0 Å². The summed E-state index contributed by atoms with van der Waals surface area (Å²) in [5.41, 5.74) is -1.11. The molecule has 0 aliphatic carbocycles. The molecule has 1 aromatic carbocycles. The predicted octanol–water partition coefficient (Wildman–Crippen LogP) is 3.48. The van der Waals surface area contributed by atoms with Crippen LogP contribution in [0.15, 0.2) is 52.3 Å². The van der Waals surface area contributed by atoms with E-state index in [1.807, 2.05) is 0 Å². The Morgan fingerprint density at radius 2 is 1.96 bits per heavy atom. The number of rotatable bonds is 3. The lowest BCUT2D eigenvalue weighted by atomic mass is 9.93. The van der Waals surface area contributed by atoms with Crippen LogP contribution in [0.25, 0.3) is 0 Å². The average molecular weight is 401 g/mol. The highest BCUT2D eigenvalue weighted by Gasteiger charge is 2.46. The zero-order valence-electron chi connectivity index (χ0n) is 14.4. The highest BCUT2D eigenvalue weighted by molar-refractivity contribution is 7.92. The average Bonchev–Trinajstić information content (AvgIpc) is 2.61. The Morgan fingerprint density at radius 3 is 2.63 bits per heavy atom. The van der Waals surface area contributed by atoms with Crippen molar-refractivity contribution in [3.8, 4) is 0 Å². The van der Waals surface area contributed by atoms with Crippen LogP contribution < -0.4 is 5.56 Å². The number of aromatic amines is 1. The summed E-state index contributed by atoms with van der Waals surface area (Å²) in [5, 5.41) is 0. The molecule has 146 valence electrons. The largest absolute Gasteiger partial charge is 0.416 e. The summed E-state index contributed by atoms with van der Waals surface area (Å²) in [4.78, 5) is 14.1. The van der Waals surface area contributed by atoms with Crippen molar-refractivity contribution in [1.29, 1.82) is 0 Å². The van der Waals surface area contributed by atoms with Gasteiger partial charge in [0.15, 0.2) is 9.84 Å². The van der Waals surface area contributed by atoms with E-state index >= 15 is 0 Å². The van der Waals surface area contributed by atoms with Crippen LogP contribution in [-0.2, 0) is 20.8 Å². The molecule has 2 atom stereocenters. The van der Waals surface area contributed by atoms with Crippen molar-refractivity contribution in [3.63, 3.8) is 0 Å². The van der Waals surface area contributed by atoms with Crippen molar-refractivity contribution in [2.45, 2.75) is 41.7 Å². The molecule has 0 bridgehead atoms. The molecule has 1 saturated heterocycles. The van der Waals surface area contributed by atoms with Crippen LogP contribution in [-0.4, -0.2) is 24.8 Å². The Hall–Kier alpha value is -2.13. The van der Waals surface area contributed by atoms with Crippen LogP contribution in [0.4, 0.5) is 13.2 Å². The third-order valence-corrected chi connectivity index (χ3v) is 7.43. The summed E-state index contributed by atoms with van der Waals surface area (Å²) in [5.74, 6) is 0. The van der Waals surface area contributed by atoms with Gasteiger partial charge in [-0.05, 0) is 50.1 Å². The maximum atomic E-state index is 13.1. The molecule has 9 heteroatoms.